The van der Waals surface area contributed by atoms with Gasteiger partial charge in [-0.3, -0.25) is 0 Å². The fourth-order valence-electron chi connectivity index (χ4n) is 2.94. The molecule has 6 heteroatoms. The van der Waals surface area contributed by atoms with Crippen LogP contribution in [0.15, 0.2) is 41.4 Å². The second-order valence-electron chi connectivity index (χ2n) is 6.99. The number of nitrogens with zero attached hydrogens (tertiary/aromatic N) is 2. The Balaban J connectivity index is 1.96. The first-order chi connectivity index (χ1) is 14.0. The van der Waals surface area contributed by atoms with Gasteiger partial charge in [0.2, 0.25) is 0 Å². The Morgan fingerprint density at radius 2 is 1.79 bits per heavy atom. The summed E-state index contributed by atoms with van der Waals surface area (Å²) in [6.07, 6.45) is 0. The Kier molecular flexibility index (Phi) is 8.80. The minimum absolute atomic E-state index is 0.381. The van der Waals surface area contributed by atoms with E-state index < -0.39 is 0 Å². The molecule has 0 saturated heterocycles. The molecule has 0 aliphatic heterocycles. The van der Waals surface area contributed by atoms with Crippen LogP contribution in [0.2, 0.25) is 0 Å². The van der Waals surface area contributed by atoms with Gasteiger partial charge < -0.3 is 25.4 Å². The molecule has 0 spiro atoms. The van der Waals surface area contributed by atoms with Crippen molar-refractivity contribution in [2.75, 3.05) is 38.7 Å². The third-order valence-electron chi connectivity index (χ3n) is 5.00. The van der Waals surface area contributed by atoms with E-state index in [4.69, 9.17) is 15.2 Å². The first kappa shape index (κ1) is 22.6. The molecule has 2 aromatic rings. The third-order valence-corrected chi connectivity index (χ3v) is 5.00. The quantitative estimate of drug-likeness (QED) is 0.468. The van der Waals surface area contributed by atoms with Gasteiger partial charge in [0.1, 0.15) is 6.61 Å². The van der Waals surface area contributed by atoms with Crippen LogP contribution in [0.4, 0.5) is 5.69 Å². The van der Waals surface area contributed by atoms with Crippen molar-refractivity contribution in [1.29, 1.82) is 0 Å². The van der Waals surface area contributed by atoms with Gasteiger partial charge in [0, 0.05) is 12.2 Å². The molecule has 2 rings (SSSR count). The molecule has 0 aliphatic carbocycles. The van der Waals surface area contributed by atoms with Crippen LogP contribution in [-0.2, 0) is 6.54 Å². The molecule has 29 heavy (non-hydrogen) atoms. The highest BCUT2D eigenvalue weighted by atomic mass is 16.5. The number of benzene rings is 2. The van der Waals surface area contributed by atoms with E-state index in [2.05, 4.69) is 55.0 Å². The van der Waals surface area contributed by atoms with Gasteiger partial charge in [-0.15, -0.1) is 0 Å². The number of rotatable bonds is 10. The second-order valence-corrected chi connectivity index (χ2v) is 6.99. The third kappa shape index (κ3) is 6.98. The first-order valence-electron chi connectivity index (χ1n) is 10.1. The largest absolute Gasteiger partial charge is 0.493 e. The predicted molar refractivity (Wildman–Crippen MR) is 121 cm³/mol. The average Bonchev–Trinajstić information content (AvgIpc) is 2.73. The molecular formula is C23H34N4O2. The molecule has 0 unspecified atom stereocenters. The van der Waals surface area contributed by atoms with Gasteiger partial charge in [0.15, 0.2) is 17.5 Å². The lowest BCUT2D eigenvalue weighted by molar-refractivity contribution is 0.217. The van der Waals surface area contributed by atoms with Crippen LogP contribution >= 0.6 is 0 Å². The summed E-state index contributed by atoms with van der Waals surface area (Å²) in [5.74, 6) is 1.83. The summed E-state index contributed by atoms with van der Waals surface area (Å²) in [6, 6.07) is 12.0. The summed E-state index contributed by atoms with van der Waals surface area (Å²) >= 11 is 0. The molecule has 0 bridgehead atoms. The predicted octanol–water partition coefficient (Wildman–Crippen LogP) is 3.96. The van der Waals surface area contributed by atoms with Gasteiger partial charge in [-0.1, -0.05) is 26.0 Å². The van der Waals surface area contributed by atoms with Crippen LogP contribution in [0.25, 0.3) is 0 Å². The number of nitrogens with one attached hydrogen (secondary N) is 1. The van der Waals surface area contributed by atoms with E-state index in [1.165, 1.54) is 11.1 Å². The lowest BCUT2D eigenvalue weighted by Gasteiger charge is -2.18. The number of anilines is 1. The van der Waals surface area contributed by atoms with Crippen LogP contribution in [0.5, 0.6) is 11.5 Å². The minimum Gasteiger partial charge on any atom is -0.493 e. The van der Waals surface area contributed by atoms with Crippen molar-refractivity contribution in [2.45, 2.75) is 34.2 Å². The highest BCUT2D eigenvalue weighted by molar-refractivity contribution is 5.92. The molecule has 0 saturated carbocycles. The van der Waals surface area contributed by atoms with Crippen LogP contribution in [0, 0.1) is 13.8 Å². The van der Waals surface area contributed by atoms with Crippen LogP contribution in [0.3, 0.4) is 0 Å². The van der Waals surface area contributed by atoms with Crippen molar-refractivity contribution in [2.24, 2.45) is 10.7 Å². The van der Waals surface area contributed by atoms with Gasteiger partial charge in [0.05, 0.1) is 13.7 Å². The molecule has 0 atom stereocenters. The Hall–Kier alpha value is -2.73. The zero-order valence-electron chi connectivity index (χ0n) is 18.3. The van der Waals surface area contributed by atoms with Crippen LogP contribution < -0.4 is 20.5 Å². The lowest BCUT2D eigenvalue weighted by Crippen LogP contribution is -2.27. The Morgan fingerprint density at radius 1 is 1.03 bits per heavy atom. The van der Waals surface area contributed by atoms with Gasteiger partial charge >= 0.3 is 0 Å². The fourth-order valence-corrected chi connectivity index (χ4v) is 2.94. The first-order valence-corrected chi connectivity index (χ1v) is 10.1. The zero-order chi connectivity index (χ0) is 21.2. The van der Waals surface area contributed by atoms with Gasteiger partial charge in [-0.2, -0.15) is 0 Å². The summed E-state index contributed by atoms with van der Waals surface area (Å²) in [4.78, 5) is 6.75. The average molecular weight is 399 g/mol. The molecular weight excluding hydrogens is 364 g/mol. The number of nitrogens with two attached hydrogens (primary N) is 1. The molecule has 6 nitrogen and oxygen atoms in total. The van der Waals surface area contributed by atoms with Crippen molar-refractivity contribution < 1.29 is 9.47 Å². The molecule has 0 amide bonds. The highest BCUT2D eigenvalue weighted by Gasteiger charge is 2.07. The summed E-state index contributed by atoms with van der Waals surface area (Å²) in [5.41, 5.74) is 10.4. The van der Waals surface area contributed by atoms with Crippen molar-refractivity contribution in [3.63, 3.8) is 0 Å². The molecule has 0 radical (unpaired) electrons. The maximum Gasteiger partial charge on any atom is 0.193 e. The van der Waals surface area contributed by atoms with E-state index in [-0.39, 0.29) is 0 Å². The summed E-state index contributed by atoms with van der Waals surface area (Å²) in [5, 5.41) is 3.14. The van der Waals surface area contributed by atoms with E-state index in [9.17, 15) is 0 Å². The van der Waals surface area contributed by atoms with Gasteiger partial charge in [-0.05, 0) is 67.9 Å². The summed E-state index contributed by atoms with van der Waals surface area (Å²) in [6.45, 7) is 12.5. The normalized spacial score (nSPS) is 11.6. The number of hydrogen-bond acceptors (Lipinski definition) is 4. The zero-order valence-corrected chi connectivity index (χ0v) is 18.3. The topological polar surface area (TPSA) is 72.1 Å². The molecule has 0 aliphatic rings. The molecule has 3 N–H and O–H groups in total. The number of aliphatic imine (C=N–C) groups is 1. The van der Waals surface area contributed by atoms with Crippen molar-refractivity contribution in [3.8, 4) is 11.5 Å². The highest BCUT2D eigenvalue weighted by Crippen LogP contribution is 2.28. The van der Waals surface area contributed by atoms with Gasteiger partial charge in [-0.25, -0.2) is 4.99 Å². The molecule has 0 aromatic heterocycles. The van der Waals surface area contributed by atoms with E-state index in [0.29, 0.717) is 24.9 Å². The summed E-state index contributed by atoms with van der Waals surface area (Å²) in [7, 11) is 1.65. The number of hydrogen-bond donors (Lipinski definition) is 2. The number of ether oxygens (including phenoxy) is 2. The number of likely N-dealkylation sites (N-methyl/N-ethyl adjacent to an activating group) is 1. The van der Waals surface area contributed by atoms with E-state index >= 15 is 0 Å². The maximum absolute atomic E-state index is 6.04. The number of aryl methyl sites for hydroxylation is 2. The van der Waals surface area contributed by atoms with Crippen LogP contribution in [0.1, 0.15) is 30.5 Å². The SMILES string of the molecule is CCN(CC)CCOc1ccc(CN=C(N)Nc2ccc(C)c(C)c2)cc1OC. The van der Waals surface area contributed by atoms with E-state index in [1.54, 1.807) is 7.11 Å². The van der Waals surface area contributed by atoms with Crippen molar-refractivity contribution in [1.82, 2.24) is 4.90 Å². The molecule has 0 fully saturated rings. The molecule has 0 heterocycles. The standard InChI is InChI=1S/C23H34N4O2/c1-6-27(7-2)12-13-29-21-11-9-19(15-22(21)28-5)16-25-23(24)26-20-10-8-17(3)18(4)14-20/h8-11,14-15H,6-7,12-13,16H2,1-5H3,(H3,24,25,26). The van der Waals surface area contributed by atoms with E-state index in [1.807, 2.05) is 24.3 Å². The monoisotopic (exact) mass is 398 g/mol. The Bertz CT molecular complexity index is 817. The van der Waals surface area contributed by atoms with Crippen LogP contribution in [-0.4, -0.2) is 44.2 Å². The van der Waals surface area contributed by atoms with Crippen molar-refractivity contribution >= 4 is 11.6 Å². The number of methoxy groups -OCH3 is 1. The number of guanidine groups is 1. The minimum atomic E-state index is 0.381. The smallest absolute Gasteiger partial charge is 0.193 e. The van der Waals surface area contributed by atoms with Gasteiger partial charge in [0.25, 0.3) is 0 Å². The summed E-state index contributed by atoms with van der Waals surface area (Å²) < 4.78 is 11.4. The lowest BCUT2D eigenvalue weighted by atomic mass is 10.1. The van der Waals surface area contributed by atoms with E-state index in [0.717, 1.165) is 36.6 Å². The van der Waals surface area contributed by atoms with Crippen molar-refractivity contribution in [3.05, 3.63) is 53.1 Å². The second kappa shape index (κ2) is 11.3. The maximum atomic E-state index is 6.04. The Morgan fingerprint density at radius 3 is 2.45 bits per heavy atom. The molecule has 158 valence electrons. The fraction of sp³-hybridized carbons (Fsp3) is 0.435. The molecule has 2 aromatic carbocycles. The Labute approximate surface area is 174 Å².